The summed E-state index contributed by atoms with van der Waals surface area (Å²) in [5.41, 5.74) is 5.90. The van der Waals surface area contributed by atoms with Gasteiger partial charge in [0.05, 0.1) is 10.6 Å². The first-order valence-electron chi connectivity index (χ1n) is 4.50. The van der Waals surface area contributed by atoms with Gasteiger partial charge in [-0.1, -0.05) is 11.6 Å². The second kappa shape index (κ2) is 5.67. The molecule has 3 nitrogen and oxygen atoms in total. The maximum Gasteiger partial charge on any atom is 0.253 e. The molecule has 1 rings (SSSR count). The molecule has 0 heterocycles. The van der Waals surface area contributed by atoms with E-state index in [0.29, 0.717) is 17.1 Å². The van der Waals surface area contributed by atoms with Gasteiger partial charge in [-0.2, -0.15) is 0 Å². The molecular weight excluding hydrogens is 326 g/mol. The quantitative estimate of drug-likeness (QED) is 0.829. The average Bonchev–Trinajstić information content (AvgIpc) is 2.17. The summed E-state index contributed by atoms with van der Waals surface area (Å²) in [5.74, 6) is -0.186. The molecule has 1 aromatic carbocycles. The second-order valence-corrected chi connectivity index (χ2v) is 4.89. The number of hydrogen-bond donors (Lipinski definition) is 2. The number of nitrogens with one attached hydrogen (secondary N) is 1. The van der Waals surface area contributed by atoms with Crippen molar-refractivity contribution in [3.05, 3.63) is 32.4 Å². The van der Waals surface area contributed by atoms with Gasteiger partial charge < -0.3 is 11.1 Å². The average molecular weight is 339 g/mol. The lowest BCUT2D eigenvalue weighted by atomic mass is 10.2. The first-order valence-corrected chi connectivity index (χ1v) is 5.96. The number of carbonyl (C=O) groups excluding carboxylic acids is 1. The normalized spacial score (nSPS) is 12.3. The molecule has 0 saturated carbocycles. The fraction of sp³-hybridized carbons (Fsp3) is 0.300. The maximum atomic E-state index is 11.7. The zero-order valence-electron chi connectivity index (χ0n) is 8.26. The molecule has 3 N–H and O–H groups in total. The molecule has 1 aromatic rings. The number of nitrogens with two attached hydrogens (primary N) is 1. The molecule has 82 valence electrons. The fourth-order valence-corrected chi connectivity index (χ4v) is 1.98. The summed E-state index contributed by atoms with van der Waals surface area (Å²) in [6.45, 7) is 2.26. The molecule has 1 atom stereocenters. The van der Waals surface area contributed by atoms with E-state index in [2.05, 4.69) is 27.9 Å². The minimum absolute atomic E-state index is 0.0483. The summed E-state index contributed by atoms with van der Waals surface area (Å²) in [4.78, 5) is 11.7. The molecular formula is C10H12ClIN2O. The van der Waals surface area contributed by atoms with Gasteiger partial charge in [-0.05, 0) is 47.7 Å². The van der Waals surface area contributed by atoms with Crippen LogP contribution in [0.1, 0.15) is 17.3 Å². The van der Waals surface area contributed by atoms with Gasteiger partial charge in [0.2, 0.25) is 0 Å². The van der Waals surface area contributed by atoms with E-state index in [1.54, 1.807) is 12.1 Å². The minimum atomic E-state index is -0.186. The zero-order chi connectivity index (χ0) is 11.4. The van der Waals surface area contributed by atoms with E-state index in [0.717, 1.165) is 3.57 Å². The Morgan fingerprint density at radius 3 is 2.87 bits per heavy atom. The van der Waals surface area contributed by atoms with Crippen LogP contribution in [0, 0.1) is 3.57 Å². The second-order valence-electron chi connectivity index (χ2n) is 3.23. The van der Waals surface area contributed by atoms with Crippen LogP contribution in [-0.2, 0) is 0 Å². The van der Waals surface area contributed by atoms with Gasteiger partial charge >= 0.3 is 0 Å². The maximum absolute atomic E-state index is 11.7. The molecule has 0 aliphatic rings. The third kappa shape index (κ3) is 3.62. The number of amides is 1. The summed E-state index contributed by atoms with van der Waals surface area (Å²) >= 11 is 8.10. The molecule has 15 heavy (non-hydrogen) atoms. The molecule has 0 bridgehead atoms. The van der Waals surface area contributed by atoms with Crippen molar-refractivity contribution in [3.8, 4) is 0 Å². The van der Waals surface area contributed by atoms with Crippen molar-refractivity contribution >= 4 is 40.1 Å². The summed E-state index contributed by atoms with van der Waals surface area (Å²) in [7, 11) is 0. The van der Waals surface area contributed by atoms with E-state index < -0.39 is 0 Å². The number of hydrogen-bond acceptors (Lipinski definition) is 2. The predicted molar refractivity (Wildman–Crippen MR) is 70.2 cm³/mol. The largest absolute Gasteiger partial charge is 0.348 e. The molecule has 0 aliphatic heterocycles. The van der Waals surface area contributed by atoms with Crippen molar-refractivity contribution < 1.29 is 4.79 Å². The van der Waals surface area contributed by atoms with Crippen LogP contribution in [0.3, 0.4) is 0 Å². The Morgan fingerprint density at radius 1 is 1.67 bits per heavy atom. The highest BCUT2D eigenvalue weighted by Crippen LogP contribution is 2.18. The van der Waals surface area contributed by atoms with E-state index in [4.69, 9.17) is 17.3 Å². The minimum Gasteiger partial charge on any atom is -0.348 e. The number of halogens is 2. The Morgan fingerprint density at radius 2 is 2.33 bits per heavy atom. The standard InChI is InChI=1S/C10H12ClIN2O/c1-6(5-13)14-10(15)8-3-2-7(12)4-9(8)11/h2-4,6H,5,13H2,1H3,(H,14,15)/t6-/m1/s1. The highest BCUT2D eigenvalue weighted by atomic mass is 127. The van der Waals surface area contributed by atoms with Gasteiger partial charge in [0.25, 0.3) is 5.91 Å². The van der Waals surface area contributed by atoms with Crippen molar-refractivity contribution in [2.24, 2.45) is 5.73 Å². The third-order valence-corrected chi connectivity index (χ3v) is 2.89. The highest BCUT2D eigenvalue weighted by Gasteiger charge is 2.12. The van der Waals surface area contributed by atoms with Gasteiger partial charge in [-0.15, -0.1) is 0 Å². The van der Waals surface area contributed by atoms with Crippen molar-refractivity contribution in [1.29, 1.82) is 0 Å². The van der Waals surface area contributed by atoms with Crippen LogP contribution < -0.4 is 11.1 Å². The Kier molecular flexibility index (Phi) is 4.82. The molecule has 0 fully saturated rings. The molecule has 0 spiro atoms. The van der Waals surface area contributed by atoms with Crippen LogP contribution in [0.25, 0.3) is 0 Å². The SMILES string of the molecule is C[C@H](CN)NC(=O)c1ccc(I)cc1Cl. The van der Waals surface area contributed by atoms with Gasteiger partial charge in [-0.3, -0.25) is 4.79 Å². The Hall–Kier alpha value is -0.330. The monoisotopic (exact) mass is 338 g/mol. The van der Waals surface area contributed by atoms with E-state index in [9.17, 15) is 4.79 Å². The summed E-state index contributed by atoms with van der Waals surface area (Å²) < 4.78 is 1.00. The van der Waals surface area contributed by atoms with Crippen LogP contribution in [0.5, 0.6) is 0 Å². The van der Waals surface area contributed by atoms with E-state index in [1.165, 1.54) is 0 Å². The molecule has 0 aliphatic carbocycles. The number of carbonyl (C=O) groups is 1. The van der Waals surface area contributed by atoms with Gasteiger partial charge in [-0.25, -0.2) is 0 Å². The Bertz CT molecular complexity index is 370. The lowest BCUT2D eigenvalue weighted by molar-refractivity contribution is 0.0941. The van der Waals surface area contributed by atoms with E-state index >= 15 is 0 Å². The summed E-state index contributed by atoms with van der Waals surface area (Å²) in [6, 6.07) is 5.26. The van der Waals surface area contributed by atoms with Crippen LogP contribution >= 0.6 is 34.2 Å². The molecule has 0 unspecified atom stereocenters. The molecule has 0 aromatic heterocycles. The van der Waals surface area contributed by atoms with E-state index in [1.807, 2.05) is 13.0 Å². The first-order chi connectivity index (χ1) is 7.04. The number of benzene rings is 1. The van der Waals surface area contributed by atoms with Gasteiger partial charge in [0.1, 0.15) is 0 Å². The molecule has 5 heteroatoms. The lowest BCUT2D eigenvalue weighted by Gasteiger charge is -2.12. The topological polar surface area (TPSA) is 55.1 Å². The van der Waals surface area contributed by atoms with Crippen LogP contribution in [0.2, 0.25) is 5.02 Å². The smallest absolute Gasteiger partial charge is 0.253 e. The van der Waals surface area contributed by atoms with Crippen molar-refractivity contribution in [3.63, 3.8) is 0 Å². The molecule has 0 saturated heterocycles. The van der Waals surface area contributed by atoms with Crippen LogP contribution in [-0.4, -0.2) is 18.5 Å². The number of rotatable bonds is 3. The predicted octanol–water partition coefficient (Wildman–Crippen LogP) is 2.02. The van der Waals surface area contributed by atoms with Crippen LogP contribution in [0.4, 0.5) is 0 Å². The Balaban J connectivity index is 2.82. The highest BCUT2D eigenvalue weighted by molar-refractivity contribution is 14.1. The molecule has 1 amide bonds. The van der Waals surface area contributed by atoms with Crippen LogP contribution in [0.15, 0.2) is 18.2 Å². The van der Waals surface area contributed by atoms with Gasteiger partial charge in [0.15, 0.2) is 0 Å². The summed E-state index contributed by atoms with van der Waals surface area (Å²) in [6.07, 6.45) is 0. The van der Waals surface area contributed by atoms with Crippen molar-refractivity contribution in [2.45, 2.75) is 13.0 Å². The van der Waals surface area contributed by atoms with E-state index in [-0.39, 0.29) is 11.9 Å². The van der Waals surface area contributed by atoms with Crippen molar-refractivity contribution in [1.82, 2.24) is 5.32 Å². The summed E-state index contributed by atoms with van der Waals surface area (Å²) in [5, 5.41) is 3.22. The Labute approximate surface area is 108 Å². The molecule has 0 radical (unpaired) electrons. The lowest BCUT2D eigenvalue weighted by Crippen LogP contribution is -2.37. The van der Waals surface area contributed by atoms with Crippen molar-refractivity contribution in [2.75, 3.05) is 6.54 Å². The fourth-order valence-electron chi connectivity index (χ4n) is 1.03. The zero-order valence-corrected chi connectivity index (χ0v) is 11.2. The first kappa shape index (κ1) is 12.7. The van der Waals surface area contributed by atoms with Gasteiger partial charge in [0, 0.05) is 16.2 Å². The third-order valence-electron chi connectivity index (χ3n) is 1.91.